The summed E-state index contributed by atoms with van der Waals surface area (Å²) in [5, 5.41) is 17.9. The van der Waals surface area contributed by atoms with Crippen LogP contribution in [0.3, 0.4) is 0 Å². The van der Waals surface area contributed by atoms with Gasteiger partial charge in [-0.15, -0.1) is 21.5 Å². The van der Waals surface area contributed by atoms with Gasteiger partial charge < -0.3 is 11.1 Å². The number of anilines is 1. The summed E-state index contributed by atoms with van der Waals surface area (Å²) < 4.78 is 0. The molecule has 0 fully saturated rings. The van der Waals surface area contributed by atoms with Gasteiger partial charge in [-0.25, -0.2) is 4.98 Å². The lowest BCUT2D eigenvalue weighted by Gasteiger charge is -1.99. The Morgan fingerprint density at radius 3 is 3.12 bits per heavy atom. The van der Waals surface area contributed by atoms with Gasteiger partial charge >= 0.3 is 0 Å². The number of amides is 1. The summed E-state index contributed by atoms with van der Waals surface area (Å²) in [6.45, 7) is 0.245. The van der Waals surface area contributed by atoms with Crippen molar-refractivity contribution in [1.82, 2.24) is 30.9 Å². The highest BCUT2D eigenvalue weighted by Gasteiger charge is 2.07. The number of aromatic nitrogens is 5. The molecule has 0 radical (unpaired) electrons. The van der Waals surface area contributed by atoms with E-state index in [2.05, 4.69) is 30.9 Å². The van der Waals surface area contributed by atoms with E-state index in [4.69, 9.17) is 5.73 Å². The summed E-state index contributed by atoms with van der Waals surface area (Å²) in [4.78, 5) is 15.4. The maximum atomic E-state index is 11.4. The lowest BCUT2D eigenvalue weighted by atomic mass is 10.3. The summed E-state index contributed by atoms with van der Waals surface area (Å²) in [6, 6.07) is 0. The fourth-order valence-corrected chi connectivity index (χ4v) is 1.63. The van der Waals surface area contributed by atoms with E-state index in [9.17, 15) is 4.79 Å². The van der Waals surface area contributed by atoms with Crippen LogP contribution in [0, 0.1) is 0 Å². The van der Waals surface area contributed by atoms with Crippen molar-refractivity contribution < 1.29 is 4.79 Å². The normalized spacial score (nSPS) is 10.2. The molecule has 4 N–H and O–H groups in total. The average molecular weight is 239 g/mol. The number of nitrogen functional groups attached to an aromatic ring is 1. The Morgan fingerprint density at radius 2 is 2.50 bits per heavy atom. The topological polar surface area (TPSA) is 122 Å². The first kappa shape index (κ1) is 10.5. The number of carbonyl (C=O) groups excluding carboxylic acids is 1. The second-order valence-corrected chi connectivity index (χ2v) is 3.85. The third kappa shape index (κ3) is 2.73. The zero-order chi connectivity index (χ0) is 11.4. The number of carbonyl (C=O) groups is 1. The van der Waals surface area contributed by atoms with Gasteiger partial charge in [0.2, 0.25) is 5.91 Å². The minimum absolute atomic E-state index is 0.157. The van der Waals surface area contributed by atoms with E-state index in [1.165, 1.54) is 11.3 Å². The number of nitrogens with zero attached hydrogens (tertiary/aromatic N) is 4. The molecule has 0 saturated heterocycles. The van der Waals surface area contributed by atoms with Crippen LogP contribution in [0.2, 0.25) is 0 Å². The van der Waals surface area contributed by atoms with Crippen LogP contribution in [0.1, 0.15) is 11.5 Å². The van der Waals surface area contributed by atoms with Crippen LogP contribution in [0.4, 0.5) is 5.13 Å². The van der Waals surface area contributed by atoms with E-state index < -0.39 is 0 Å². The Kier molecular flexibility index (Phi) is 3.05. The second-order valence-electron chi connectivity index (χ2n) is 2.96. The Balaban J connectivity index is 1.81. The van der Waals surface area contributed by atoms with Crippen molar-refractivity contribution in [2.24, 2.45) is 0 Å². The SMILES string of the molecule is Nc1nc(CC(=O)NCc2nn[nH]n2)cs1. The van der Waals surface area contributed by atoms with Gasteiger partial charge in [-0.3, -0.25) is 4.79 Å². The molecule has 2 aromatic rings. The number of hydrogen-bond acceptors (Lipinski definition) is 7. The van der Waals surface area contributed by atoms with Crippen molar-refractivity contribution in [3.05, 3.63) is 16.9 Å². The fourth-order valence-electron chi connectivity index (χ4n) is 1.07. The molecule has 0 aliphatic rings. The highest BCUT2D eigenvalue weighted by molar-refractivity contribution is 7.13. The number of thiazole rings is 1. The number of H-pyrrole nitrogens is 1. The van der Waals surface area contributed by atoms with Gasteiger partial charge in [-0.2, -0.15) is 5.21 Å². The third-order valence-electron chi connectivity index (χ3n) is 1.74. The maximum absolute atomic E-state index is 11.4. The van der Waals surface area contributed by atoms with Gasteiger partial charge in [-0.1, -0.05) is 5.21 Å². The molecule has 8 nitrogen and oxygen atoms in total. The molecule has 84 valence electrons. The molecular weight excluding hydrogens is 230 g/mol. The average Bonchev–Trinajstić information content (AvgIpc) is 2.87. The van der Waals surface area contributed by atoms with Crippen molar-refractivity contribution in [3.8, 4) is 0 Å². The predicted octanol–water partition coefficient (Wildman–Crippen LogP) is -0.903. The van der Waals surface area contributed by atoms with Crippen LogP contribution in [0.15, 0.2) is 5.38 Å². The smallest absolute Gasteiger partial charge is 0.226 e. The quantitative estimate of drug-likeness (QED) is 0.635. The van der Waals surface area contributed by atoms with Gasteiger partial charge in [0.15, 0.2) is 11.0 Å². The van der Waals surface area contributed by atoms with E-state index in [1.807, 2.05) is 0 Å². The van der Waals surface area contributed by atoms with Crippen LogP contribution < -0.4 is 11.1 Å². The van der Waals surface area contributed by atoms with Crippen LogP contribution in [-0.2, 0) is 17.8 Å². The molecule has 0 aliphatic heterocycles. The lowest BCUT2D eigenvalue weighted by molar-refractivity contribution is -0.120. The standard InChI is InChI=1S/C7H9N7OS/c8-7-10-4(3-16-7)1-6(15)9-2-5-11-13-14-12-5/h3H,1-2H2,(H2,8,10)(H,9,15)(H,11,12,13,14). The third-order valence-corrected chi connectivity index (χ3v) is 2.47. The number of hydrogen-bond donors (Lipinski definition) is 3. The molecule has 0 saturated carbocycles. The fraction of sp³-hybridized carbons (Fsp3) is 0.286. The lowest BCUT2D eigenvalue weighted by Crippen LogP contribution is -2.25. The molecule has 0 aromatic carbocycles. The van der Waals surface area contributed by atoms with Gasteiger partial charge in [0.1, 0.15) is 0 Å². The molecule has 2 heterocycles. The monoisotopic (exact) mass is 239 g/mol. The Bertz CT molecular complexity index is 465. The Hall–Kier alpha value is -2.03. The summed E-state index contributed by atoms with van der Waals surface area (Å²) >= 11 is 1.31. The Morgan fingerprint density at radius 1 is 1.62 bits per heavy atom. The van der Waals surface area contributed by atoms with Gasteiger partial charge in [-0.05, 0) is 0 Å². The summed E-state index contributed by atoms with van der Waals surface area (Å²) in [5.41, 5.74) is 6.11. The number of nitrogens with one attached hydrogen (secondary N) is 2. The first-order chi connectivity index (χ1) is 7.74. The summed E-state index contributed by atoms with van der Waals surface area (Å²) in [6.07, 6.45) is 0.200. The largest absolute Gasteiger partial charge is 0.375 e. The minimum Gasteiger partial charge on any atom is -0.375 e. The summed E-state index contributed by atoms with van der Waals surface area (Å²) in [5.74, 6) is 0.279. The van der Waals surface area contributed by atoms with Crippen molar-refractivity contribution in [2.45, 2.75) is 13.0 Å². The molecule has 0 spiro atoms. The highest BCUT2D eigenvalue weighted by Crippen LogP contribution is 2.11. The minimum atomic E-state index is -0.157. The number of nitrogens with two attached hydrogens (primary N) is 1. The number of aromatic amines is 1. The van der Waals surface area contributed by atoms with Crippen molar-refractivity contribution in [2.75, 3.05) is 5.73 Å². The van der Waals surface area contributed by atoms with Crippen molar-refractivity contribution >= 4 is 22.4 Å². The highest BCUT2D eigenvalue weighted by atomic mass is 32.1. The van der Waals surface area contributed by atoms with E-state index >= 15 is 0 Å². The van der Waals surface area contributed by atoms with Crippen molar-refractivity contribution in [1.29, 1.82) is 0 Å². The molecule has 16 heavy (non-hydrogen) atoms. The second kappa shape index (κ2) is 4.66. The zero-order valence-corrected chi connectivity index (χ0v) is 8.99. The van der Waals surface area contributed by atoms with Gasteiger partial charge in [0.25, 0.3) is 0 Å². The molecule has 2 rings (SSSR count). The van der Waals surface area contributed by atoms with Gasteiger partial charge in [0, 0.05) is 5.38 Å². The molecular formula is C7H9N7OS. The predicted molar refractivity (Wildman–Crippen MR) is 56.3 cm³/mol. The van der Waals surface area contributed by atoms with Gasteiger partial charge in [0.05, 0.1) is 18.7 Å². The van der Waals surface area contributed by atoms with Crippen molar-refractivity contribution in [3.63, 3.8) is 0 Å². The molecule has 1 amide bonds. The molecule has 0 atom stereocenters. The van der Waals surface area contributed by atoms with Crippen LogP contribution in [0.5, 0.6) is 0 Å². The molecule has 2 aromatic heterocycles. The first-order valence-corrected chi connectivity index (χ1v) is 5.31. The van der Waals surface area contributed by atoms with E-state index in [1.54, 1.807) is 5.38 Å². The van der Waals surface area contributed by atoms with E-state index in [-0.39, 0.29) is 18.9 Å². The van der Waals surface area contributed by atoms with E-state index in [0.29, 0.717) is 16.6 Å². The molecule has 0 bridgehead atoms. The molecule has 0 aliphatic carbocycles. The van der Waals surface area contributed by atoms with E-state index in [0.717, 1.165) is 0 Å². The summed E-state index contributed by atoms with van der Waals surface area (Å²) in [7, 11) is 0. The Labute approximate surface area is 94.3 Å². The van der Waals surface area contributed by atoms with Crippen LogP contribution in [0.25, 0.3) is 0 Å². The molecule has 0 unspecified atom stereocenters. The maximum Gasteiger partial charge on any atom is 0.226 e. The molecule has 9 heteroatoms. The number of rotatable bonds is 4. The van der Waals surface area contributed by atoms with Crippen LogP contribution in [-0.4, -0.2) is 31.5 Å². The van der Waals surface area contributed by atoms with Crippen LogP contribution >= 0.6 is 11.3 Å². The zero-order valence-electron chi connectivity index (χ0n) is 8.17. The first-order valence-electron chi connectivity index (χ1n) is 4.43. The number of tetrazole rings is 1.